The minimum atomic E-state index is -0.662. The molecule has 0 N–H and O–H groups in total. The topological polar surface area (TPSA) is 95.5 Å². The Hall–Kier alpha value is -1.50. The van der Waals surface area contributed by atoms with Gasteiger partial charge in [0.15, 0.2) is 0 Å². The second kappa shape index (κ2) is 5.55. The molecule has 86 valence electrons. The number of benzene rings is 1. The molecule has 0 atom stereocenters. The summed E-state index contributed by atoms with van der Waals surface area (Å²) in [6, 6.07) is 3.56. The van der Waals surface area contributed by atoms with Gasteiger partial charge < -0.3 is 0 Å². The third-order valence-electron chi connectivity index (χ3n) is 1.62. The molecule has 1 aromatic carbocycles. The monoisotopic (exact) mass is 292 g/mol. The predicted molar refractivity (Wildman–Crippen MR) is 56.8 cm³/mol. The number of non-ortho nitro benzene ring substituents is 1. The van der Waals surface area contributed by atoms with E-state index in [-0.39, 0.29) is 11.4 Å². The van der Waals surface area contributed by atoms with Gasteiger partial charge in [0, 0.05) is 0 Å². The number of hydrogen-bond donors (Lipinski definition) is 0. The molecule has 0 saturated carbocycles. The summed E-state index contributed by atoms with van der Waals surface area (Å²) in [5.74, 6) is 0. The van der Waals surface area contributed by atoms with E-state index in [9.17, 15) is 20.2 Å². The van der Waals surface area contributed by atoms with E-state index in [1.807, 2.05) is 0 Å². The first-order valence-electron chi connectivity index (χ1n) is 4.28. The van der Waals surface area contributed by atoms with E-state index in [0.717, 1.165) is 6.07 Å². The Morgan fingerprint density at radius 2 is 2.00 bits per heavy atom. The molecule has 0 spiro atoms. The molecule has 1 aromatic rings. The van der Waals surface area contributed by atoms with E-state index < -0.39 is 25.1 Å². The minimum absolute atomic E-state index is 0.261. The van der Waals surface area contributed by atoms with Gasteiger partial charge in [-0.2, -0.15) is 0 Å². The van der Waals surface area contributed by atoms with Crippen molar-refractivity contribution in [1.82, 2.24) is 0 Å². The van der Waals surface area contributed by atoms with Gasteiger partial charge in [0.1, 0.15) is 0 Å². The molecule has 0 radical (unpaired) electrons. The third-order valence-corrected chi connectivity index (χ3v) is 3.46. The quantitative estimate of drug-likeness (QED) is 0.454. The van der Waals surface area contributed by atoms with E-state index in [1.54, 1.807) is 6.92 Å². The molecule has 0 aromatic heterocycles. The van der Waals surface area contributed by atoms with E-state index in [2.05, 4.69) is 0 Å². The SMILES string of the molecule is CCO[Se]c1ccc([N+](=O)[O-])cc1[N+](=O)[O-]. The van der Waals surface area contributed by atoms with Crippen molar-refractivity contribution < 1.29 is 13.7 Å². The molecule has 0 saturated heterocycles. The Labute approximate surface area is 97.2 Å². The van der Waals surface area contributed by atoms with Gasteiger partial charge in [-0.1, -0.05) is 0 Å². The summed E-state index contributed by atoms with van der Waals surface area (Å²) in [5, 5.41) is 21.2. The fraction of sp³-hybridized carbons (Fsp3) is 0.250. The first kappa shape index (κ1) is 12.6. The van der Waals surface area contributed by atoms with Gasteiger partial charge in [-0.3, -0.25) is 0 Å². The van der Waals surface area contributed by atoms with E-state index >= 15 is 0 Å². The summed E-state index contributed by atoms with van der Waals surface area (Å²) >= 11 is -0.494. The zero-order chi connectivity index (χ0) is 12.1. The zero-order valence-corrected chi connectivity index (χ0v) is 10.00. The van der Waals surface area contributed by atoms with Crippen molar-refractivity contribution in [1.29, 1.82) is 0 Å². The van der Waals surface area contributed by atoms with Crippen molar-refractivity contribution in [2.75, 3.05) is 6.61 Å². The maximum atomic E-state index is 10.7. The number of nitro benzene ring substituents is 2. The van der Waals surface area contributed by atoms with Crippen molar-refractivity contribution in [3.8, 4) is 0 Å². The molecule has 0 unspecified atom stereocenters. The predicted octanol–water partition coefficient (Wildman–Crippen LogP) is 0.784. The molecule has 0 aliphatic carbocycles. The van der Waals surface area contributed by atoms with Crippen LogP contribution in [0.15, 0.2) is 18.2 Å². The van der Waals surface area contributed by atoms with Crippen molar-refractivity contribution in [2.45, 2.75) is 6.92 Å². The maximum absolute atomic E-state index is 10.7. The second-order valence-electron chi connectivity index (χ2n) is 2.66. The average Bonchev–Trinajstić information content (AvgIpc) is 2.25. The van der Waals surface area contributed by atoms with E-state index in [0.29, 0.717) is 11.1 Å². The Kier molecular flexibility index (Phi) is 4.36. The van der Waals surface area contributed by atoms with Crippen LogP contribution in [0, 0.1) is 20.2 Å². The van der Waals surface area contributed by atoms with E-state index in [4.69, 9.17) is 3.82 Å². The molecule has 0 aliphatic heterocycles. The van der Waals surface area contributed by atoms with Gasteiger partial charge in [-0.25, -0.2) is 0 Å². The molecule has 16 heavy (non-hydrogen) atoms. The van der Waals surface area contributed by atoms with Crippen LogP contribution in [0.3, 0.4) is 0 Å². The van der Waals surface area contributed by atoms with Crippen LogP contribution in [0.25, 0.3) is 0 Å². The van der Waals surface area contributed by atoms with Gasteiger partial charge >= 0.3 is 96.7 Å². The van der Waals surface area contributed by atoms with Gasteiger partial charge in [-0.05, 0) is 0 Å². The summed E-state index contributed by atoms with van der Waals surface area (Å²) in [6.07, 6.45) is 0. The fourth-order valence-electron chi connectivity index (χ4n) is 0.955. The molecular formula is C8H8N2O5Se. The van der Waals surface area contributed by atoms with Crippen LogP contribution in [0.1, 0.15) is 6.92 Å². The van der Waals surface area contributed by atoms with Crippen LogP contribution in [0.5, 0.6) is 0 Å². The fourth-order valence-corrected chi connectivity index (χ4v) is 2.19. The summed E-state index contributed by atoms with van der Waals surface area (Å²) in [7, 11) is 0. The third kappa shape index (κ3) is 2.99. The summed E-state index contributed by atoms with van der Waals surface area (Å²) < 4.78 is 5.49. The van der Waals surface area contributed by atoms with E-state index in [1.165, 1.54) is 12.1 Å². The summed E-state index contributed by atoms with van der Waals surface area (Å²) in [6.45, 7) is 2.23. The number of nitrogens with zero attached hydrogens (tertiary/aromatic N) is 2. The van der Waals surface area contributed by atoms with Crippen molar-refractivity contribution >= 4 is 31.1 Å². The first-order chi connectivity index (χ1) is 7.56. The number of nitro groups is 2. The number of hydrogen-bond acceptors (Lipinski definition) is 5. The molecule has 0 bridgehead atoms. The molecule has 0 heterocycles. The summed E-state index contributed by atoms with van der Waals surface area (Å²) in [5.41, 5.74) is -0.551. The number of rotatable bonds is 5. The molecule has 7 nitrogen and oxygen atoms in total. The molecule has 8 heteroatoms. The van der Waals surface area contributed by atoms with Gasteiger partial charge in [-0.15, -0.1) is 0 Å². The molecule has 1 rings (SSSR count). The Balaban J connectivity index is 3.09. The van der Waals surface area contributed by atoms with Crippen LogP contribution < -0.4 is 4.46 Å². The van der Waals surface area contributed by atoms with Crippen molar-refractivity contribution in [3.05, 3.63) is 38.4 Å². The molecule has 0 amide bonds. The van der Waals surface area contributed by atoms with Crippen LogP contribution in [0.2, 0.25) is 0 Å². The average molecular weight is 291 g/mol. The van der Waals surface area contributed by atoms with Crippen LogP contribution in [0.4, 0.5) is 11.4 Å². The second-order valence-corrected chi connectivity index (χ2v) is 4.42. The van der Waals surface area contributed by atoms with Gasteiger partial charge in [0.2, 0.25) is 0 Å². The first-order valence-corrected chi connectivity index (χ1v) is 5.84. The van der Waals surface area contributed by atoms with Crippen LogP contribution in [-0.2, 0) is 3.82 Å². The van der Waals surface area contributed by atoms with Gasteiger partial charge in [0.05, 0.1) is 0 Å². The Morgan fingerprint density at radius 3 is 2.50 bits per heavy atom. The van der Waals surface area contributed by atoms with Crippen molar-refractivity contribution in [3.63, 3.8) is 0 Å². The Bertz CT molecular complexity index is 423. The Morgan fingerprint density at radius 1 is 1.31 bits per heavy atom. The molecular weight excluding hydrogens is 283 g/mol. The van der Waals surface area contributed by atoms with Crippen LogP contribution >= 0.6 is 0 Å². The zero-order valence-electron chi connectivity index (χ0n) is 8.28. The standard InChI is InChI=1S/C8H8N2O5Se/c1-2-15-16-8-4-3-6(9(11)12)5-7(8)10(13)14/h3-5H,2H2,1H3. The normalized spacial score (nSPS) is 10.1. The molecule has 0 aliphatic rings. The van der Waals surface area contributed by atoms with Crippen LogP contribution in [-0.4, -0.2) is 31.7 Å². The summed E-state index contributed by atoms with van der Waals surface area (Å²) in [4.78, 5) is 19.9. The van der Waals surface area contributed by atoms with Gasteiger partial charge in [0.25, 0.3) is 0 Å². The van der Waals surface area contributed by atoms with Crippen molar-refractivity contribution in [2.24, 2.45) is 0 Å². The molecule has 0 fully saturated rings.